The summed E-state index contributed by atoms with van der Waals surface area (Å²) in [5, 5.41) is 15.1. The van der Waals surface area contributed by atoms with Crippen molar-refractivity contribution in [3.05, 3.63) is 85.3 Å². The fraction of sp³-hybridized carbons (Fsp3) is 0. The SMILES string of the molecule is Oc1ccc(Nc2nccn3c(-c4ccc5ccccc5c4)cnc23)cc1. The molecule has 0 saturated carbocycles. The summed E-state index contributed by atoms with van der Waals surface area (Å²) in [4.78, 5) is 9.00. The molecule has 5 heteroatoms. The number of nitrogens with one attached hydrogen (secondary N) is 1. The molecule has 0 bridgehead atoms. The summed E-state index contributed by atoms with van der Waals surface area (Å²) in [6, 6.07) is 21.6. The largest absolute Gasteiger partial charge is 0.508 e. The second kappa shape index (κ2) is 6.14. The molecular formula is C22H16N4O. The second-order valence-corrected chi connectivity index (χ2v) is 6.35. The highest BCUT2D eigenvalue weighted by molar-refractivity contribution is 5.87. The van der Waals surface area contributed by atoms with E-state index in [0.717, 1.165) is 22.6 Å². The molecule has 2 heterocycles. The molecule has 5 aromatic rings. The van der Waals surface area contributed by atoms with Crippen LogP contribution in [0.1, 0.15) is 0 Å². The number of benzene rings is 3. The van der Waals surface area contributed by atoms with E-state index in [9.17, 15) is 5.11 Å². The number of nitrogens with zero attached hydrogens (tertiary/aromatic N) is 3. The van der Waals surface area contributed by atoms with Gasteiger partial charge in [0.05, 0.1) is 11.9 Å². The summed E-state index contributed by atoms with van der Waals surface area (Å²) in [6.07, 6.45) is 5.53. The Morgan fingerprint density at radius 1 is 0.852 bits per heavy atom. The Bertz CT molecular complexity index is 1260. The number of fused-ring (bicyclic) bond motifs is 2. The second-order valence-electron chi connectivity index (χ2n) is 6.35. The Morgan fingerprint density at radius 3 is 2.52 bits per heavy atom. The molecule has 5 nitrogen and oxygen atoms in total. The normalized spacial score (nSPS) is 11.1. The van der Waals surface area contributed by atoms with Crippen molar-refractivity contribution in [3.63, 3.8) is 0 Å². The van der Waals surface area contributed by atoms with Gasteiger partial charge in [-0.15, -0.1) is 0 Å². The average Bonchev–Trinajstić information content (AvgIpc) is 3.14. The Balaban J connectivity index is 1.59. The van der Waals surface area contributed by atoms with Gasteiger partial charge in [0.1, 0.15) is 5.75 Å². The highest BCUT2D eigenvalue weighted by atomic mass is 16.3. The van der Waals surface area contributed by atoms with Crippen LogP contribution in [0.2, 0.25) is 0 Å². The van der Waals surface area contributed by atoms with Gasteiger partial charge in [-0.05, 0) is 41.1 Å². The molecule has 2 aromatic heterocycles. The van der Waals surface area contributed by atoms with Crippen LogP contribution in [0.3, 0.4) is 0 Å². The molecule has 0 radical (unpaired) electrons. The lowest BCUT2D eigenvalue weighted by Gasteiger charge is -2.08. The van der Waals surface area contributed by atoms with E-state index in [1.807, 2.05) is 28.9 Å². The quantitative estimate of drug-likeness (QED) is 0.449. The standard InChI is InChI=1S/C22H16N4O/c27-19-9-7-18(8-10-19)25-21-22-24-14-20(26(22)12-11-23-21)17-6-5-15-3-1-2-4-16(15)13-17/h1-14,27H,(H,23,25). The van der Waals surface area contributed by atoms with Crippen LogP contribution >= 0.6 is 0 Å². The molecular weight excluding hydrogens is 336 g/mol. The molecule has 3 aromatic carbocycles. The van der Waals surface area contributed by atoms with Crippen LogP contribution in [0.15, 0.2) is 85.3 Å². The van der Waals surface area contributed by atoms with E-state index in [4.69, 9.17) is 0 Å². The van der Waals surface area contributed by atoms with Gasteiger partial charge in [0.2, 0.25) is 0 Å². The minimum absolute atomic E-state index is 0.228. The third-order valence-electron chi connectivity index (χ3n) is 4.60. The van der Waals surface area contributed by atoms with E-state index >= 15 is 0 Å². The van der Waals surface area contributed by atoms with Crippen LogP contribution < -0.4 is 5.32 Å². The van der Waals surface area contributed by atoms with Gasteiger partial charge in [0, 0.05) is 23.6 Å². The molecule has 0 saturated heterocycles. The van der Waals surface area contributed by atoms with Gasteiger partial charge in [-0.1, -0.05) is 36.4 Å². The zero-order valence-corrected chi connectivity index (χ0v) is 14.4. The first-order chi connectivity index (χ1) is 13.3. The fourth-order valence-corrected chi connectivity index (χ4v) is 3.25. The van der Waals surface area contributed by atoms with E-state index in [1.165, 1.54) is 10.8 Å². The van der Waals surface area contributed by atoms with Crippen molar-refractivity contribution in [2.45, 2.75) is 0 Å². The number of phenolic OH excluding ortho intramolecular Hbond substituents is 1. The minimum Gasteiger partial charge on any atom is -0.508 e. The van der Waals surface area contributed by atoms with Crippen molar-refractivity contribution in [3.8, 4) is 17.0 Å². The maximum absolute atomic E-state index is 9.44. The first-order valence-corrected chi connectivity index (χ1v) is 8.65. The fourth-order valence-electron chi connectivity index (χ4n) is 3.25. The number of hydrogen-bond acceptors (Lipinski definition) is 4. The lowest BCUT2D eigenvalue weighted by atomic mass is 10.1. The number of anilines is 2. The summed E-state index contributed by atoms with van der Waals surface area (Å²) < 4.78 is 2.03. The van der Waals surface area contributed by atoms with Gasteiger partial charge >= 0.3 is 0 Å². The van der Waals surface area contributed by atoms with Crippen molar-refractivity contribution in [2.24, 2.45) is 0 Å². The van der Waals surface area contributed by atoms with Gasteiger partial charge in [0.15, 0.2) is 11.5 Å². The predicted octanol–water partition coefficient (Wildman–Crippen LogP) is 5.00. The maximum atomic E-state index is 9.44. The van der Waals surface area contributed by atoms with Gasteiger partial charge in [-0.3, -0.25) is 4.40 Å². The van der Waals surface area contributed by atoms with E-state index in [-0.39, 0.29) is 5.75 Å². The molecule has 27 heavy (non-hydrogen) atoms. The van der Waals surface area contributed by atoms with E-state index < -0.39 is 0 Å². The van der Waals surface area contributed by atoms with Crippen molar-refractivity contribution in [1.29, 1.82) is 0 Å². The summed E-state index contributed by atoms with van der Waals surface area (Å²) in [5.74, 6) is 0.890. The Kier molecular flexibility index (Phi) is 3.50. The number of aromatic nitrogens is 3. The summed E-state index contributed by atoms with van der Waals surface area (Å²) in [7, 11) is 0. The van der Waals surface area contributed by atoms with Gasteiger partial charge in [-0.2, -0.15) is 0 Å². The van der Waals surface area contributed by atoms with Crippen LogP contribution in [-0.2, 0) is 0 Å². The van der Waals surface area contributed by atoms with E-state index in [2.05, 4.69) is 45.6 Å². The lowest BCUT2D eigenvalue weighted by Crippen LogP contribution is -1.98. The minimum atomic E-state index is 0.228. The third kappa shape index (κ3) is 2.75. The van der Waals surface area contributed by atoms with Crippen molar-refractivity contribution in [1.82, 2.24) is 14.4 Å². The Hall–Kier alpha value is -3.86. The molecule has 0 aliphatic carbocycles. The molecule has 0 aliphatic rings. The van der Waals surface area contributed by atoms with Crippen LogP contribution in [0.4, 0.5) is 11.5 Å². The highest BCUT2D eigenvalue weighted by Gasteiger charge is 2.11. The first-order valence-electron chi connectivity index (χ1n) is 8.65. The molecule has 130 valence electrons. The van der Waals surface area contributed by atoms with Crippen LogP contribution in [0.25, 0.3) is 27.7 Å². The van der Waals surface area contributed by atoms with Gasteiger partial charge in [-0.25, -0.2) is 9.97 Å². The number of rotatable bonds is 3. The Morgan fingerprint density at radius 2 is 1.67 bits per heavy atom. The molecule has 0 amide bonds. The van der Waals surface area contributed by atoms with Crippen LogP contribution in [-0.4, -0.2) is 19.5 Å². The third-order valence-corrected chi connectivity index (χ3v) is 4.60. The van der Waals surface area contributed by atoms with Gasteiger partial charge in [0.25, 0.3) is 0 Å². The number of phenols is 1. The average molecular weight is 352 g/mol. The predicted molar refractivity (Wildman–Crippen MR) is 107 cm³/mol. The summed E-state index contributed by atoms with van der Waals surface area (Å²) in [6.45, 7) is 0. The monoisotopic (exact) mass is 352 g/mol. The number of aromatic hydroxyl groups is 1. The molecule has 0 atom stereocenters. The van der Waals surface area contributed by atoms with Crippen LogP contribution in [0, 0.1) is 0 Å². The topological polar surface area (TPSA) is 62.5 Å². The molecule has 0 aliphatic heterocycles. The number of imidazole rings is 1. The molecule has 5 rings (SSSR count). The van der Waals surface area contributed by atoms with Crippen molar-refractivity contribution in [2.75, 3.05) is 5.32 Å². The van der Waals surface area contributed by atoms with E-state index in [0.29, 0.717) is 5.82 Å². The number of hydrogen-bond donors (Lipinski definition) is 2. The van der Waals surface area contributed by atoms with Crippen molar-refractivity contribution < 1.29 is 5.11 Å². The zero-order valence-electron chi connectivity index (χ0n) is 14.4. The van der Waals surface area contributed by atoms with Crippen molar-refractivity contribution >= 4 is 27.9 Å². The molecule has 0 spiro atoms. The maximum Gasteiger partial charge on any atom is 0.180 e. The van der Waals surface area contributed by atoms with Crippen LogP contribution in [0.5, 0.6) is 5.75 Å². The Labute approximate surface area is 155 Å². The smallest absolute Gasteiger partial charge is 0.180 e. The summed E-state index contributed by atoms with van der Waals surface area (Å²) in [5.41, 5.74) is 3.69. The highest BCUT2D eigenvalue weighted by Crippen LogP contribution is 2.28. The lowest BCUT2D eigenvalue weighted by molar-refractivity contribution is 0.475. The first kappa shape index (κ1) is 15.4. The molecule has 2 N–H and O–H groups in total. The molecule has 0 unspecified atom stereocenters. The van der Waals surface area contributed by atoms with E-state index in [1.54, 1.807) is 30.5 Å². The molecule has 0 fully saturated rings. The van der Waals surface area contributed by atoms with Gasteiger partial charge < -0.3 is 10.4 Å². The zero-order chi connectivity index (χ0) is 18.2. The summed E-state index contributed by atoms with van der Waals surface area (Å²) >= 11 is 0.